The summed E-state index contributed by atoms with van der Waals surface area (Å²) in [6.07, 6.45) is 4.80. The summed E-state index contributed by atoms with van der Waals surface area (Å²) in [6.45, 7) is 0.812. The summed E-state index contributed by atoms with van der Waals surface area (Å²) in [5, 5.41) is 4.64. The number of nitrogens with zero attached hydrogens (tertiary/aromatic N) is 2. The van der Waals surface area contributed by atoms with E-state index in [0.29, 0.717) is 6.04 Å². The molecule has 0 amide bonds. The van der Waals surface area contributed by atoms with Gasteiger partial charge in [-0.15, -0.1) is 0 Å². The third-order valence-electron chi connectivity index (χ3n) is 5.06. The number of nitrogens with one attached hydrogen (secondary N) is 1. The minimum absolute atomic E-state index is 0.0562. The van der Waals surface area contributed by atoms with Crippen LogP contribution in [-0.2, 0) is 4.74 Å². The zero-order chi connectivity index (χ0) is 16.0. The number of furan rings is 1. The molecule has 5 nitrogen and oxygen atoms in total. The number of hydrogen-bond donors (Lipinski definition) is 1. The van der Waals surface area contributed by atoms with Gasteiger partial charge in [0.15, 0.2) is 11.4 Å². The van der Waals surface area contributed by atoms with E-state index in [9.17, 15) is 0 Å². The van der Waals surface area contributed by atoms with Gasteiger partial charge in [0.25, 0.3) is 0 Å². The number of para-hydroxylation sites is 1. The Morgan fingerprint density at radius 3 is 3.12 bits per heavy atom. The van der Waals surface area contributed by atoms with E-state index in [4.69, 9.17) is 9.15 Å². The normalized spacial score (nSPS) is 27.2. The molecule has 3 aromatic rings. The quantitative estimate of drug-likeness (QED) is 0.764. The third kappa shape index (κ3) is 2.36. The monoisotopic (exact) mass is 341 g/mol. The van der Waals surface area contributed by atoms with Crippen LogP contribution in [0, 0.1) is 0 Å². The first-order chi connectivity index (χ1) is 11.8. The lowest BCUT2D eigenvalue weighted by molar-refractivity contribution is -0.0628. The molecule has 2 aliphatic heterocycles. The van der Waals surface area contributed by atoms with Crippen LogP contribution in [0.25, 0.3) is 22.1 Å². The van der Waals surface area contributed by atoms with Crippen molar-refractivity contribution >= 4 is 39.6 Å². The highest BCUT2D eigenvalue weighted by Gasteiger charge is 2.40. The molecule has 0 saturated carbocycles. The largest absolute Gasteiger partial charge is 0.450 e. The van der Waals surface area contributed by atoms with E-state index in [0.717, 1.165) is 59.5 Å². The lowest BCUT2D eigenvalue weighted by Gasteiger charge is -2.38. The molecule has 6 heteroatoms. The number of benzene rings is 1. The molecule has 24 heavy (non-hydrogen) atoms. The van der Waals surface area contributed by atoms with Crippen molar-refractivity contribution in [3.05, 3.63) is 30.6 Å². The van der Waals surface area contributed by atoms with Crippen molar-refractivity contribution in [3.8, 4) is 0 Å². The highest BCUT2D eigenvalue weighted by atomic mass is 32.2. The first kappa shape index (κ1) is 14.5. The Hall–Kier alpha value is -1.79. The molecule has 2 aromatic heterocycles. The van der Waals surface area contributed by atoms with Gasteiger partial charge in [0.2, 0.25) is 0 Å². The van der Waals surface area contributed by atoms with Crippen LogP contribution < -0.4 is 5.32 Å². The molecule has 1 spiro atoms. The van der Waals surface area contributed by atoms with Gasteiger partial charge in [0.1, 0.15) is 17.4 Å². The maximum atomic E-state index is 6.11. The smallest absolute Gasteiger partial charge is 0.196 e. The summed E-state index contributed by atoms with van der Waals surface area (Å²) < 4.78 is 12.1. The van der Waals surface area contributed by atoms with Crippen LogP contribution in [-0.4, -0.2) is 39.7 Å². The molecule has 2 aliphatic rings. The van der Waals surface area contributed by atoms with Gasteiger partial charge in [-0.25, -0.2) is 9.97 Å². The van der Waals surface area contributed by atoms with Gasteiger partial charge >= 0.3 is 0 Å². The fraction of sp³-hybridized carbons (Fsp3) is 0.444. The Kier molecular flexibility index (Phi) is 3.41. The van der Waals surface area contributed by atoms with Crippen molar-refractivity contribution in [3.63, 3.8) is 0 Å². The van der Waals surface area contributed by atoms with Crippen molar-refractivity contribution in [2.24, 2.45) is 0 Å². The van der Waals surface area contributed by atoms with Crippen LogP contribution >= 0.6 is 11.8 Å². The summed E-state index contributed by atoms with van der Waals surface area (Å²) in [4.78, 5) is 8.87. The van der Waals surface area contributed by atoms with Gasteiger partial charge in [-0.05, 0) is 37.1 Å². The SMILES string of the molecule is c1ccc2c(c1)oc1c(N[C@@H]3CCO[C@]4(CCSC4)C3)ncnc12. The number of anilines is 1. The van der Waals surface area contributed by atoms with Gasteiger partial charge in [-0.1, -0.05) is 12.1 Å². The molecule has 2 atom stereocenters. The lowest BCUT2D eigenvalue weighted by Crippen LogP contribution is -2.44. The minimum atomic E-state index is 0.0562. The van der Waals surface area contributed by atoms with Crippen molar-refractivity contribution < 1.29 is 9.15 Å². The highest BCUT2D eigenvalue weighted by Crippen LogP contribution is 2.39. The Balaban J connectivity index is 1.48. The van der Waals surface area contributed by atoms with E-state index >= 15 is 0 Å². The van der Waals surface area contributed by atoms with Gasteiger partial charge in [0, 0.05) is 23.8 Å². The summed E-state index contributed by atoms with van der Waals surface area (Å²) in [7, 11) is 0. The predicted molar refractivity (Wildman–Crippen MR) is 96.6 cm³/mol. The zero-order valence-corrected chi connectivity index (χ0v) is 14.1. The molecule has 0 bridgehead atoms. The lowest BCUT2D eigenvalue weighted by atomic mass is 9.90. The van der Waals surface area contributed by atoms with Crippen molar-refractivity contribution in [1.29, 1.82) is 0 Å². The average Bonchev–Trinajstić information content (AvgIpc) is 3.20. The van der Waals surface area contributed by atoms with Gasteiger partial charge in [-0.3, -0.25) is 0 Å². The molecule has 1 N–H and O–H groups in total. The van der Waals surface area contributed by atoms with Crippen LogP contribution in [0.3, 0.4) is 0 Å². The molecule has 124 valence electrons. The highest BCUT2D eigenvalue weighted by molar-refractivity contribution is 7.99. The maximum absolute atomic E-state index is 6.11. The van der Waals surface area contributed by atoms with Crippen LogP contribution in [0.2, 0.25) is 0 Å². The third-order valence-corrected chi connectivity index (χ3v) is 6.28. The topological polar surface area (TPSA) is 60.2 Å². The van der Waals surface area contributed by atoms with Crippen molar-refractivity contribution in [2.75, 3.05) is 23.4 Å². The zero-order valence-electron chi connectivity index (χ0n) is 13.3. The molecule has 4 heterocycles. The first-order valence-corrected chi connectivity index (χ1v) is 9.59. The minimum Gasteiger partial charge on any atom is -0.450 e. The molecular formula is C18H19N3O2S. The van der Waals surface area contributed by atoms with Gasteiger partial charge in [0.05, 0.1) is 5.60 Å². The van der Waals surface area contributed by atoms with E-state index in [2.05, 4.69) is 15.3 Å². The van der Waals surface area contributed by atoms with Crippen LogP contribution in [0.1, 0.15) is 19.3 Å². The van der Waals surface area contributed by atoms with Crippen LogP contribution in [0.5, 0.6) is 0 Å². The molecular weight excluding hydrogens is 322 g/mol. The number of ether oxygens (including phenoxy) is 1. The van der Waals surface area contributed by atoms with Gasteiger partial charge < -0.3 is 14.5 Å². The summed E-state index contributed by atoms with van der Waals surface area (Å²) >= 11 is 2.00. The Morgan fingerprint density at radius 2 is 2.21 bits per heavy atom. The predicted octanol–water partition coefficient (Wildman–Crippen LogP) is 3.84. The molecule has 5 rings (SSSR count). The molecule has 0 aliphatic carbocycles. The number of rotatable bonds is 2. The van der Waals surface area contributed by atoms with Crippen LogP contribution in [0.15, 0.2) is 35.0 Å². The number of thioether (sulfide) groups is 1. The first-order valence-electron chi connectivity index (χ1n) is 8.44. The Morgan fingerprint density at radius 1 is 1.25 bits per heavy atom. The standard InChI is InChI=1S/C18H19N3O2S/c1-2-4-14-13(3-1)15-16(23-14)17(20-11-19-15)21-12-5-7-22-18(9-12)6-8-24-10-18/h1-4,11-12H,5-10H2,(H,19,20,21)/t12-,18-/m1/s1. The Bertz CT molecular complexity index is 888. The summed E-state index contributed by atoms with van der Waals surface area (Å²) in [5.41, 5.74) is 2.54. The maximum Gasteiger partial charge on any atom is 0.196 e. The number of hydrogen-bond acceptors (Lipinski definition) is 6. The molecule has 0 radical (unpaired) electrons. The average molecular weight is 341 g/mol. The molecule has 1 aromatic carbocycles. The summed E-state index contributed by atoms with van der Waals surface area (Å²) in [5.74, 6) is 3.10. The van der Waals surface area contributed by atoms with E-state index in [-0.39, 0.29) is 5.60 Å². The molecule has 2 saturated heterocycles. The Labute approximate surface area is 144 Å². The fourth-order valence-corrected chi connectivity index (χ4v) is 5.21. The van der Waals surface area contributed by atoms with E-state index in [1.54, 1.807) is 6.33 Å². The second-order valence-electron chi connectivity index (χ2n) is 6.67. The molecule has 0 unspecified atom stereocenters. The van der Waals surface area contributed by atoms with Crippen molar-refractivity contribution in [2.45, 2.75) is 30.9 Å². The number of aromatic nitrogens is 2. The van der Waals surface area contributed by atoms with Gasteiger partial charge in [-0.2, -0.15) is 11.8 Å². The van der Waals surface area contributed by atoms with E-state index in [1.165, 1.54) is 5.75 Å². The molecule has 2 fully saturated rings. The fourth-order valence-electron chi connectivity index (χ4n) is 3.83. The van der Waals surface area contributed by atoms with E-state index < -0.39 is 0 Å². The number of fused-ring (bicyclic) bond motifs is 3. The van der Waals surface area contributed by atoms with Crippen LogP contribution in [0.4, 0.5) is 5.82 Å². The summed E-state index contributed by atoms with van der Waals surface area (Å²) in [6, 6.07) is 8.36. The second kappa shape index (κ2) is 5.63. The second-order valence-corrected chi connectivity index (χ2v) is 7.77. The van der Waals surface area contributed by atoms with Crippen molar-refractivity contribution in [1.82, 2.24) is 9.97 Å². The van der Waals surface area contributed by atoms with E-state index in [1.807, 2.05) is 36.0 Å².